The fraction of sp³-hybridized carbons (Fsp3) is 0.286. The van der Waals surface area contributed by atoms with Gasteiger partial charge < -0.3 is 9.64 Å². The van der Waals surface area contributed by atoms with Gasteiger partial charge in [-0.3, -0.25) is 9.36 Å². The number of carbonyl (C=O) groups excluding carboxylic acids is 1. The molecule has 1 heterocycles. The molecule has 0 aliphatic heterocycles. The molecule has 0 spiro atoms. The van der Waals surface area contributed by atoms with Gasteiger partial charge in [0.05, 0.1) is 19.2 Å². The molecule has 1 amide bonds. The topological polar surface area (TPSA) is 47.4 Å². The van der Waals surface area contributed by atoms with E-state index in [2.05, 4.69) is 4.98 Å². The van der Waals surface area contributed by atoms with Gasteiger partial charge in [0.25, 0.3) is 5.91 Å². The number of hydrogen-bond donors (Lipinski definition) is 0. The Kier molecular flexibility index (Phi) is 4.97. The molecule has 22 heavy (non-hydrogen) atoms. The van der Waals surface area contributed by atoms with Crippen LogP contribution in [0.4, 0.5) is 8.78 Å². The van der Waals surface area contributed by atoms with Gasteiger partial charge in [-0.2, -0.15) is 8.78 Å². The van der Waals surface area contributed by atoms with Crippen molar-refractivity contribution >= 4 is 17.5 Å². The predicted molar refractivity (Wildman–Crippen MR) is 77.3 cm³/mol. The van der Waals surface area contributed by atoms with Gasteiger partial charge in [0, 0.05) is 24.5 Å². The van der Waals surface area contributed by atoms with Crippen LogP contribution in [0.2, 0.25) is 5.02 Å². The zero-order valence-electron chi connectivity index (χ0n) is 12.0. The molecule has 0 atom stereocenters. The van der Waals surface area contributed by atoms with Gasteiger partial charge in [0.2, 0.25) is 0 Å². The molecular formula is C14H14ClF2N3O2. The zero-order chi connectivity index (χ0) is 16.3. The van der Waals surface area contributed by atoms with Crippen molar-refractivity contribution in [2.24, 2.45) is 0 Å². The van der Waals surface area contributed by atoms with E-state index in [1.165, 1.54) is 31.3 Å². The average molecular weight is 330 g/mol. The molecule has 0 saturated heterocycles. The minimum Gasteiger partial charge on any atom is -0.496 e. The number of carbonyl (C=O) groups is 1. The highest BCUT2D eigenvalue weighted by atomic mass is 35.5. The molecule has 1 aromatic carbocycles. The Labute approximate surface area is 131 Å². The molecular weight excluding hydrogens is 316 g/mol. The Morgan fingerprint density at radius 1 is 1.50 bits per heavy atom. The van der Waals surface area contributed by atoms with Crippen LogP contribution in [0.25, 0.3) is 0 Å². The first kappa shape index (κ1) is 16.2. The highest BCUT2D eigenvalue weighted by Gasteiger charge is 2.20. The van der Waals surface area contributed by atoms with E-state index < -0.39 is 12.5 Å². The molecule has 0 aliphatic carbocycles. The molecule has 0 N–H and O–H groups in total. The van der Waals surface area contributed by atoms with E-state index in [9.17, 15) is 13.6 Å². The molecule has 0 fully saturated rings. The SMILES string of the molecule is COc1ccc(Cl)cc1C(=O)N(C)Cc1nccn1C(F)F. The molecule has 0 saturated carbocycles. The Morgan fingerprint density at radius 2 is 2.23 bits per heavy atom. The van der Waals surface area contributed by atoms with Crippen molar-refractivity contribution in [1.82, 2.24) is 14.5 Å². The second kappa shape index (κ2) is 6.74. The largest absolute Gasteiger partial charge is 0.496 e. The molecule has 0 unspecified atom stereocenters. The second-order valence-electron chi connectivity index (χ2n) is 4.53. The summed E-state index contributed by atoms with van der Waals surface area (Å²) in [6.07, 6.45) is 2.43. The highest BCUT2D eigenvalue weighted by molar-refractivity contribution is 6.31. The maximum Gasteiger partial charge on any atom is 0.319 e. The highest BCUT2D eigenvalue weighted by Crippen LogP contribution is 2.24. The quantitative estimate of drug-likeness (QED) is 0.846. The first-order valence-corrected chi connectivity index (χ1v) is 6.70. The summed E-state index contributed by atoms with van der Waals surface area (Å²) in [5, 5.41) is 0.381. The van der Waals surface area contributed by atoms with E-state index in [-0.39, 0.29) is 17.9 Å². The summed E-state index contributed by atoms with van der Waals surface area (Å²) < 4.78 is 31.4. The number of amides is 1. The first-order chi connectivity index (χ1) is 10.4. The van der Waals surface area contributed by atoms with E-state index >= 15 is 0 Å². The van der Waals surface area contributed by atoms with Crippen molar-refractivity contribution in [3.63, 3.8) is 0 Å². The lowest BCUT2D eigenvalue weighted by atomic mass is 10.1. The Hall–Kier alpha value is -2.15. The maximum absolute atomic E-state index is 12.8. The van der Waals surface area contributed by atoms with Crippen molar-refractivity contribution in [3.05, 3.63) is 47.0 Å². The molecule has 0 aliphatic rings. The number of hydrogen-bond acceptors (Lipinski definition) is 3. The number of alkyl halides is 2. The Bertz CT molecular complexity index is 676. The molecule has 0 bridgehead atoms. The van der Waals surface area contributed by atoms with E-state index in [0.717, 1.165) is 6.20 Å². The number of nitrogens with zero attached hydrogens (tertiary/aromatic N) is 3. The van der Waals surface area contributed by atoms with Crippen molar-refractivity contribution in [3.8, 4) is 5.75 Å². The van der Waals surface area contributed by atoms with Gasteiger partial charge in [-0.15, -0.1) is 0 Å². The van der Waals surface area contributed by atoms with Crippen LogP contribution in [0, 0.1) is 0 Å². The van der Waals surface area contributed by atoms with E-state index in [4.69, 9.17) is 16.3 Å². The minimum absolute atomic E-state index is 0.0636. The van der Waals surface area contributed by atoms with E-state index in [1.54, 1.807) is 12.1 Å². The molecule has 2 aromatic rings. The summed E-state index contributed by atoms with van der Waals surface area (Å²) in [4.78, 5) is 17.6. The van der Waals surface area contributed by atoms with Crippen molar-refractivity contribution in [1.29, 1.82) is 0 Å². The molecule has 8 heteroatoms. The lowest BCUT2D eigenvalue weighted by Crippen LogP contribution is -2.28. The summed E-state index contributed by atoms with van der Waals surface area (Å²) in [5.41, 5.74) is 0.257. The van der Waals surface area contributed by atoms with Gasteiger partial charge >= 0.3 is 6.55 Å². The van der Waals surface area contributed by atoms with E-state index in [1.807, 2.05) is 0 Å². The summed E-state index contributed by atoms with van der Waals surface area (Å²) >= 11 is 5.89. The number of halogens is 3. The van der Waals surface area contributed by atoms with Crippen LogP contribution >= 0.6 is 11.6 Å². The summed E-state index contributed by atoms with van der Waals surface area (Å²) in [6, 6.07) is 4.64. The van der Waals surface area contributed by atoms with Gasteiger partial charge in [0.15, 0.2) is 0 Å². The van der Waals surface area contributed by atoms with Crippen LogP contribution in [0.15, 0.2) is 30.6 Å². The van der Waals surface area contributed by atoms with Crippen LogP contribution in [0.5, 0.6) is 5.75 Å². The third kappa shape index (κ3) is 3.36. The van der Waals surface area contributed by atoms with Crippen LogP contribution < -0.4 is 4.74 Å². The fourth-order valence-corrected chi connectivity index (χ4v) is 2.15. The summed E-state index contributed by atoms with van der Waals surface area (Å²) in [7, 11) is 2.93. The Morgan fingerprint density at radius 3 is 2.86 bits per heavy atom. The lowest BCUT2D eigenvalue weighted by Gasteiger charge is -2.19. The lowest BCUT2D eigenvalue weighted by molar-refractivity contribution is 0.0611. The molecule has 5 nitrogen and oxygen atoms in total. The van der Waals surface area contributed by atoms with Gasteiger partial charge in [-0.1, -0.05) is 11.6 Å². The molecule has 118 valence electrons. The number of ether oxygens (including phenoxy) is 1. The number of benzene rings is 1. The van der Waals surface area contributed by atoms with Crippen molar-refractivity contribution < 1.29 is 18.3 Å². The van der Waals surface area contributed by atoms with Gasteiger partial charge in [-0.25, -0.2) is 4.98 Å². The van der Waals surface area contributed by atoms with Crippen LogP contribution in [-0.4, -0.2) is 34.5 Å². The summed E-state index contributed by atoms with van der Waals surface area (Å²) in [6.45, 7) is -2.77. The maximum atomic E-state index is 12.8. The number of imidazole rings is 1. The molecule has 1 aromatic heterocycles. The molecule has 2 rings (SSSR count). The van der Waals surface area contributed by atoms with Gasteiger partial charge in [0.1, 0.15) is 11.6 Å². The third-order valence-electron chi connectivity index (χ3n) is 3.08. The van der Waals surface area contributed by atoms with Crippen LogP contribution in [-0.2, 0) is 6.54 Å². The summed E-state index contributed by atoms with van der Waals surface area (Å²) in [5.74, 6) is 0.0495. The van der Waals surface area contributed by atoms with Crippen molar-refractivity contribution in [2.75, 3.05) is 14.2 Å². The molecule has 0 radical (unpaired) electrons. The third-order valence-corrected chi connectivity index (χ3v) is 3.31. The fourth-order valence-electron chi connectivity index (χ4n) is 1.98. The standard InChI is InChI=1S/C14H14ClF2N3O2/c1-19(8-12-18-5-6-20(12)14(16)17)13(21)10-7-9(15)3-4-11(10)22-2/h3-7,14H,8H2,1-2H3. The first-order valence-electron chi connectivity index (χ1n) is 6.33. The van der Waals surface area contributed by atoms with Crippen LogP contribution in [0.1, 0.15) is 22.7 Å². The Balaban J connectivity index is 2.22. The average Bonchev–Trinajstić information content (AvgIpc) is 2.94. The monoisotopic (exact) mass is 329 g/mol. The smallest absolute Gasteiger partial charge is 0.319 e. The zero-order valence-corrected chi connectivity index (χ0v) is 12.7. The number of methoxy groups -OCH3 is 1. The second-order valence-corrected chi connectivity index (χ2v) is 4.97. The van der Waals surface area contributed by atoms with Crippen molar-refractivity contribution in [2.45, 2.75) is 13.1 Å². The normalized spacial score (nSPS) is 10.8. The number of rotatable bonds is 5. The van der Waals surface area contributed by atoms with Gasteiger partial charge in [-0.05, 0) is 18.2 Å². The van der Waals surface area contributed by atoms with E-state index in [0.29, 0.717) is 15.3 Å². The van der Waals surface area contributed by atoms with Crippen LogP contribution in [0.3, 0.4) is 0 Å². The predicted octanol–water partition coefficient (Wildman–Crippen LogP) is 3.21. The minimum atomic E-state index is -2.71. The number of aromatic nitrogens is 2.